The predicted octanol–water partition coefficient (Wildman–Crippen LogP) is 3.61. The normalized spacial score (nSPS) is 32.3. The van der Waals surface area contributed by atoms with Gasteiger partial charge in [-0.15, -0.1) is 11.3 Å². The average molecular weight is 279 g/mol. The highest BCUT2D eigenvalue weighted by atomic mass is 32.1. The first kappa shape index (κ1) is 13.6. The number of aliphatic hydroxyl groups is 1. The number of piperidine rings is 1. The van der Waals surface area contributed by atoms with E-state index in [1.54, 1.807) is 4.88 Å². The lowest BCUT2D eigenvalue weighted by Gasteiger charge is -2.50. The molecule has 2 nitrogen and oxygen atoms in total. The molecule has 1 aromatic rings. The van der Waals surface area contributed by atoms with Crippen molar-refractivity contribution in [3.05, 3.63) is 22.4 Å². The van der Waals surface area contributed by atoms with Gasteiger partial charge in [-0.25, -0.2) is 0 Å². The van der Waals surface area contributed by atoms with Gasteiger partial charge in [0, 0.05) is 18.0 Å². The summed E-state index contributed by atoms with van der Waals surface area (Å²) in [5.74, 6) is 0.410. The van der Waals surface area contributed by atoms with Gasteiger partial charge in [-0.3, -0.25) is 4.90 Å². The molecule has 3 heteroatoms. The average Bonchev–Trinajstić information content (AvgIpc) is 2.97. The highest BCUT2D eigenvalue weighted by Gasteiger charge is 2.42. The third-order valence-electron chi connectivity index (χ3n) is 5.13. The molecule has 0 bridgehead atoms. The van der Waals surface area contributed by atoms with Gasteiger partial charge in [0.25, 0.3) is 0 Å². The number of likely N-dealkylation sites (tertiary alicyclic amines) is 1. The zero-order valence-corrected chi connectivity index (χ0v) is 12.7. The molecule has 0 amide bonds. The van der Waals surface area contributed by atoms with Crippen LogP contribution >= 0.6 is 11.3 Å². The van der Waals surface area contributed by atoms with Crippen molar-refractivity contribution >= 4 is 11.3 Å². The molecule has 2 unspecified atom stereocenters. The van der Waals surface area contributed by atoms with E-state index in [2.05, 4.69) is 29.3 Å². The van der Waals surface area contributed by atoms with Gasteiger partial charge in [-0.05, 0) is 36.6 Å². The summed E-state index contributed by atoms with van der Waals surface area (Å²) in [5, 5.41) is 12.2. The van der Waals surface area contributed by atoms with Crippen molar-refractivity contribution in [3.8, 4) is 0 Å². The van der Waals surface area contributed by atoms with Crippen LogP contribution in [0.2, 0.25) is 0 Å². The Hall–Kier alpha value is -0.380. The SMILES string of the molecule is CC1CN(C2(c3cccs3)CCCCC2)CCC1O. The fourth-order valence-corrected chi connectivity index (χ4v) is 4.93. The fraction of sp³-hybridized carbons (Fsp3) is 0.750. The van der Waals surface area contributed by atoms with E-state index < -0.39 is 0 Å². The molecule has 2 heterocycles. The molecule has 2 fully saturated rings. The van der Waals surface area contributed by atoms with Crippen LogP contribution in [0, 0.1) is 5.92 Å². The Bertz CT molecular complexity index is 397. The minimum Gasteiger partial charge on any atom is -0.393 e. The Morgan fingerprint density at radius 3 is 2.74 bits per heavy atom. The number of thiophene rings is 1. The standard InChI is InChI=1S/C16H25NOS/c1-13-12-17(10-7-14(13)18)16(8-3-2-4-9-16)15-6-5-11-19-15/h5-6,11,13-14,18H,2-4,7-10,12H2,1H3. The van der Waals surface area contributed by atoms with Gasteiger partial charge in [-0.1, -0.05) is 32.3 Å². The van der Waals surface area contributed by atoms with Crippen molar-refractivity contribution < 1.29 is 5.11 Å². The van der Waals surface area contributed by atoms with Crippen LogP contribution in [-0.2, 0) is 5.54 Å². The molecule has 0 radical (unpaired) electrons. The third-order valence-corrected chi connectivity index (χ3v) is 6.19. The molecular weight excluding hydrogens is 254 g/mol. The van der Waals surface area contributed by atoms with Crippen LogP contribution < -0.4 is 0 Å². The molecule has 1 aliphatic carbocycles. The maximum atomic E-state index is 9.98. The Balaban J connectivity index is 1.87. The summed E-state index contributed by atoms with van der Waals surface area (Å²) in [6, 6.07) is 4.52. The first-order valence-electron chi connectivity index (χ1n) is 7.69. The first-order valence-corrected chi connectivity index (χ1v) is 8.57. The maximum absolute atomic E-state index is 9.98. The Labute approximate surface area is 120 Å². The summed E-state index contributed by atoms with van der Waals surface area (Å²) in [6.45, 7) is 4.31. The van der Waals surface area contributed by atoms with Crippen molar-refractivity contribution in [2.24, 2.45) is 5.92 Å². The summed E-state index contributed by atoms with van der Waals surface area (Å²) in [6.07, 6.45) is 7.54. The van der Waals surface area contributed by atoms with Crippen LogP contribution in [-0.4, -0.2) is 29.2 Å². The van der Waals surface area contributed by atoms with Crippen molar-refractivity contribution in [3.63, 3.8) is 0 Å². The number of rotatable bonds is 2. The zero-order chi connectivity index (χ0) is 13.3. The van der Waals surface area contributed by atoms with E-state index >= 15 is 0 Å². The van der Waals surface area contributed by atoms with Gasteiger partial charge in [-0.2, -0.15) is 0 Å². The lowest BCUT2D eigenvalue weighted by atomic mass is 9.77. The highest BCUT2D eigenvalue weighted by Crippen LogP contribution is 2.45. The minimum atomic E-state index is -0.0970. The predicted molar refractivity (Wildman–Crippen MR) is 80.4 cm³/mol. The number of hydrogen-bond acceptors (Lipinski definition) is 3. The largest absolute Gasteiger partial charge is 0.393 e. The fourth-order valence-electron chi connectivity index (χ4n) is 3.92. The van der Waals surface area contributed by atoms with E-state index in [4.69, 9.17) is 0 Å². The molecule has 106 valence electrons. The molecule has 2 atom stereocenters. The Kier molecular flexibility index (Phi) is 3.97. The van der Waals surface area contributed by atoms with Crippen molar-refractivity contribution in [1.29, 1.82) is 0 Å². The number of nitrogens with zero attached hydrogens (tertiary/aromatic N) is 1. The monoisotopic (exact) mass is 279 g/mol. The van der Waals surface area contributed by atoms with Gasteiger partial charge in [0.05, 0.1) is 11.6 Å². The molecule has 0 spiro atoms. The molecule has 1 aromatic heterocycles. The molecule has 19 heavy (non-hydrogen) atoms. The second-order valence-corrected chi connectivity index (χ2v) is 7.30. The highest BCUT2D eigenvalue weighted by molar-refractivity contribution is 7.10. The molecule has 1 saturated carbocycles. The van der Waals surface area contributed by atoms with Crippen molar-refractivity contribution in [2.45, 2.75) is 57.1 Å². The van der Waals surface area contributed by atoms with E-state index in [9.17, 15) is 5.11 Å². The van der Waals surface area contributed by atoms with Gasteiger partial charge in [0.2, 0.25) is 0 Å². The van der Waals surface area contributed by atoms with E-state index in [1.165, 1.54) is 32.1 Å². The van der Waals surface area contributed by atoms with Crippen LogP contribution in [0.4, 0.5) is 0 Å². The van der Waals surface area contributed by atoms with Crippen LogP contribution in [0.25, 0.3) is 0 Å². The summed E-state index contributed by atoms with van der Waals surface area (Å²) < 4.78 is 0. The molecule has 1 saturated heterocycles. The number of aliphatic hydroxyl groups excluding tert-OH is 1. The molecule has 0 aromatic carbocycles. The van der Waals surface area contributed by atoms with Crippen molar-refractivity contribution in [2.75, 3.05) is 13.1 Å². The lowest BCUT2D eigenvalue weighted by Crippen LogP contribution is -2.53. The van der Waals surface area contributed by atoms with Crippen LogP contribution in [0.1, 0.15) is 50.3 Å². The van der Waals surface area contributed by atoms with Crippen LogP contribution in [0.3, 0.4) is 0 Å². The zero-order valence-electron chi connectivity index (χ0n) is 11.8. The van der Waals surface area contributed by atoms with Gasteiger partial charge in [0.1, 0.15) is 0 Å². The van der Waals surface area contributed by atoms with E-state index in [1.807, 2.05) is 11.3 Å². The van der Waals surface area contributed by atoms with Crippen LogP contribution in [0.15, 0.2) is 17.5 Å². The lowest BCUT2D eigenvalue weighted by molar-refractivity contribution is -0.0348. The topological polar surface area (TPSA) is 23.5 Å². The Morgan fingerprint density at radius 2 is 2.11 bits per heavy atom. The first-order chi connectivity index (χ1) is 9.22. The van der Waals surface area contributed by atoms with Crippen LogP contribution in [0.5, 0.6) is 0 Å². The maximum Gasteiger partial charge on any atom is 0.0590 e. The second kappa shape index (κ2) is 5.55. The molecular formula is C16H25NOS. The van der Waals surface area contributed by atoms with E-state index in [0.717, 1.165) is 19.5 Å². The second-order valence-electron chi connectivity index (χ2n) is 6.35. The summed E-state index contributed by atoms with van der Waals surface area (Å²) >= 11 is 1.92. The van der Waals surface area contributed by atoms with E-state index in [-0.39, 0.29) is 11.6 Å². The minimum absolute atomic E-state index is 0.0970. The summed E-state index contributed by atoms with van der Waals surface area (Å²) in [4.78, 5) is 4.24. The molecule has 3 rings (SSSR count). The third kappa shape index (κ3) is 2.48. The van der Waals surface area contributed by atoms with Crippen molar-refractivity contribution in [1.82, 2.24) is 4.90 Å². The summed E-state index contributed by atoms with van der Waals surface area (Å²) in [7, 11) is 0. The molecule has 1 N–H and O–H groups in total. The van der Waals surface area contributed by atoms with Gasteiger partial charge < -0.3 is 5.11 Å². The van der Waals surface area contributed by atoms with E-state index in [0.29, 0.717) is 5.92 Å². The molecule has 1 aliphatic heterocycles. The Morgan fingerprint density at radius 1 is 1.32 bits per heavy atom. The van der Waals surface area contributed by atoms with Gasteiger partial charge in [0.15, 0.2) is 0 Å². The van der Waals surface area contributed by atoms with Gasteiger partial charge >= 0.3 is 0 Å². The quantitative estimate of drug-likeness (QED) is 0.894. The number of hydrogen-bond donors (Lipinski definition) is 1. The smallest absolute Gasteiger partial charge is 0.0590 e. The molecule has 2 aliphatic rings. The summed E-state index contributed by atoms with van der Waals surface area (Å²) in [5.41, 5.74) is 0.279.